The summed E-state index contributed by atoms with van der Waals surface area (Å²) in [6.07, 6.45) is 5.78. The predicted molar refractivity (Wildman–Crippen MR) is 74.3 cm³/mol. The van der Waals surface area contributed by atoms with Crippen molar-refractivity contribution in [2.24, 2.45) is 5.92 Å². The Morgan fingerprint density at radius 1 is 1.28 bits per heavy atom. The monoisotopic (exact) mass is 265 g/mol. The van der Waals surface area contributed by atoms with E-state index in [4.69, 9.17) is 9.31 Å². The van der Waals surface area contributed by atoms with Crippen LogP contribution in [0, 0.1) is 5.92 Å². The molecule has 3 rings (SSSR count). The van der Waals surface area contributed by atoms with E-state index in [-0.39, 0.29) is 18.3 Å². The van der Waals surface area contributed by atoms with Gasteiger partial charge in [-0.1, -0.05) is 0 Å². The van der Waals surface area contributed by atoms with Crippen LogP contribution in [0.4, 0.5) is 0 Å². The van der Waals surface area contributed by atoms with Crippen molar-refractivity contribution in [1.29, 1.82) is 0 Å². The SMILES string of the molecule is CC1(C)OB(c2cnc(CC3CC3)s2)OC1(C)C. The van der Waals surface area contributed by atoms with Crippen LogP contribution in [-0.4, -0.2) is 23.3 Å². The zero-order chi connectivity index (χ0) is 13.0. The second-order valence-corrected chi connectivity index (χ2v) is 7.54. The maximum Gasteiger partial charge on any atom is 0.507 e. The average molecular weight is 265 g/mol. The van der Waals surface area contributed by atoms with Gasteiger partial charge >= 0.3 is 7.12 Å². The van der Waals surface area contributed by atoms with Crippen LogP contribution in [0.1, 0.15) is 45.5 Å². The number of hydrogen-bond donors (Lipinski definition) is 0. The molecule has 2 heterocycles. The summed E-state index contributed by atoms with van der Waals surface area (Å²) in [5.74, 6) is 0.877. The number of nitrogens with zero attached hydrogens (tertiary/aromatic N) is 1. The fourth-order valence-corrected chi connectivity index (χ4v) is 3.05. The van der Waals surface area contributed by atoms with Gasteiger partial charge in [-0.05, 0) is 46.5 Å². The first kappa shape index (κ1) is 12.6. The Hall–Kier alpha value is -0.385. The summed E-state index contributed by atoms with van der Waals surface area (Å²) in [7, 11) is -0.250. The van der Waals surface area contributed by atoms with Crippen LogP contribution < -0.4 is 4.78 Å². The van der Waals surface area contributed by atoms with E-state index in [1.807, 2.05) is 6.20 Å². The fraction of sp³-hybridized carbons (Fsp3) is 0.769. The minimum Gasteiger partial charge on any atom is -0.399 e. The normalized spacial score (nSPS) is 25.7. The molecule has 0 amide bonds. The van der Waals surface area contributed by atoms with Crippen LogP contribution in [0.25, 0.3) is 0 Å². The molecule has 3 nitrogen and oxygen atoms in total. The zero-order valence-electron chi connectivity index (χ0n) is 11.5. The molecule has 0 bridgehead atoms. The minimum absolute atomic E-state index is 0.250. The quantitative estimate of drug-likeness (QED) is 0.786. The standard InChI is InChI=1S/C13H20BNO2S/c1-12(2)13(3,4)17-14(16-12)10-8-15-11(18-10)7-9-5-6-9/h8-9H,5-7H2,1-4H3. The van der Waals surface area contributed by atoms with Crippen molar-refractivity contribution in [3.05, 3.63) is 11.2 Å². The van der Waals surface area contributed by atoms with E-state index in [2.05, 4.69) is 32.7 Å². The first-order valence-electron chi connectivity index (χ1n) is 6.68. The van der Waals surface area contributed by atoms with E-state index < -0.39 is 0 Å². The first-order valence-corrected chi connectivity index (χ1v) is 7.49. The molecule has 1 saturated heterocycles. The van der Waals surface area contributed by atoms with Crippen molar-refractivity contribution >= 4 is 23.2 Å². The van der Waals surface area contributed by atoms with Gasteiger partial charge in [0.15, 0.2) is 0 Å². The van der Waals surface area contributed by atoms with Crippen LogP contribution in [0.2, 0.25) is 0 Å². The van der Waals surface area contributed by atoms with Crippen molar-refractivity contribution in [2.45, 2.75) is 58.2 Å². The summed E-state index contributed by atoms with van der Waals surface area (Å²) in [5, 5.41) is 1.22. The topological polar surface area (TPSA) is 31.4 Å². The summed E-state index contributed by atoms with van der Waals surface area (Å²) >= 11 is 1.74. The molecule has 0 unspecified atom stereocenters. The highest BCUT2D eigenvalue weighted by molar-refractivity contribution is 7.22. The van der Waals surface area contributed by atoms with Gasteiger partial charge in [-0.3, -0.25) is 4.98 Å². The molecule has 0 atom stereocenters. The summed E-state index contributed by atoms with van der Waals surface area (Å²) in [4.78, 5) is 4.49. The Morgan fingerprint density at radius 2 is 1.89 bits per heavy atom. The average Bonchev–Trinajstić information content (AvgIpc) is 2.86. The van der Waals surface area contributed by atoms with Crippen molar-refractivity contribution in [3.63, 3.8) is 0 Å². The van der Waals surface area contributed by atoms with Crippen molar-refractivity contribution in [2.75, 3.05) is 0 Å². The molecule has 98 valence electrons. The van der Waals surface area contributed by atoms with Crippen molar-refractivity contribution in [1.82, 2.24) is 4.98 Å². The lowest BCUT2D eigenvalue weighted by atomic mass is 9.89. The largest absolute Gasteiger partial charge is 0.507 e. The molecular weight excluding hydrogens is 245 g/mol. The Kier molecular flexibility index (Phi) is 2.85. The van der Waals surface area contributed by atoms with Crippen molar-refractivity contribution < 1.29 is 9.31 Å². The number of thiazole rings is 1. The maximum atomic E-state index is 6.03. The van der Waals surface area contributed by atoms with E-state index >= 15 is 0 Å². The lowest BCUT2D eigenvalue weighted by Gasteiger charge is -2.32. The van der Waals surface area contributed by atoms with Gasteiger partial charge in [-0.2, -0.15) is 0 Å². The molecule has 1 aromatic rings. The van der Waals surface area contributed by atoms with Crippen molar-refractivity contribution in [3.8, 4) is 0 Å². The van der Waals surface area contributed by atoms with Gasteiger partial charge in [0.1, 0.15) is 0 Å². The van der Waals surface area contributed by atoms with Crippen LogP contribution in [-0.2, 0) is 15.7 Å². The zero-order valence-corrected chi connectivity index (χ0v) is 12.3. The van der Waals surface area contributed by atoms with E-state index in [0.29, 0.717) is 0 Å². The van der Waals surface area contributed by atoms with E-state index in [1.165, 1.54) is 17.8 Å². The second-order valence-electron chi connectivity index (χ2n) is 6.39. The van der Waals surface area contributed by atoms with Gasteiger partial charge in [-0.25, -0.2) is 0 Å². The molecule has 18 heavy (non-hydrogen) atoms. The van der Waals surface area contributed by atoms with Gasteiger partial charge in [0, 0.05) is 12.6 Å². The highest BCUT2D eigenvalue weighted by atomic mass is 32.1. The molecule has 1 saturated carbocycles. The van der Waals surface area contributed by atoms with E-state index in [1.54, 1.807) is 11.3 Å². The molecule has 0 radical (unpaired) electrons. The Morgan fingerprint density at radius 3 is 2.44 bits per heavy atom. The number of hydrogen-bond acceptors (Lipinski definition) is 4. The Labute approximate surface area is 113 Å². The highest BCUT2D eigenvalue weighted by Crippen LogP contribution is 2.37. The molecule has 1 aliphatic carbocycles. The smallest absolute Gasteiger partial charge is 0.399 e. The van der Waals surface area contributed by atoms with Crippen LogP contribution in [0.3, 0.4) is 0 Å². The molecule has 5 heteroatoms. The molecule has 0 aromatic carbocycles. The third-order valence-corrected chi connectivity index (χ3v) is 5.26. The van der Waals surface area contributed by atoms with Crippen LogP contribution in [0.5, 0.6) is 0 Å². The lowest BCUT2D eigenvalue weighted by Crippen LogP contribution is -2.41. The van der Waals surface area contributed by atoms with E-state index in [9.17, 15) is 0 Å². The number of rotatable bonds is 3. The third kappa shape index (κ3) is 2.24. The third-order valence-electron chi connectivity index (χ3n) is 4.22. The molecule has 0 spiro atoms. The first-order chi connectivity index (χ1) is 8.37. The molecular formula is C13H20BNO2S. The van der Waals surface area contributed by atoms with Crippen LogP contribution in [0.15, 0.2) is 6.20 Å². The lowest BCUT2D eigenvalue weighted by molar-refractivity contribution is 0.00578. The van der Waals surface area contributed by atoms with Gasteiger partial charge in [0.05, 0.1) is 21.0 Å². The summed E-state index contributed by atoms with van der Waals surface area (Å²) in [6.45, 7) is 8.33. The van der Waals surface area contributed by atoms with Gasteiger partial charge in [0.25, 0.3) is 0 Å². The maximum absolute atomic E-state index is 6.03. The summed E-state index contributed by atoms with van der Waals surface area (Å²) in [5.41, 5.74) is -0.531. The van der Waals surface area contributed by atoms with Gasteiger partial charge in [0.2, 0.25) is 0 Å². The molecule has 2 fully saturated rings. The van der Waals surface area contributed by atoms with Gasteiger partial charge in [-0.15, -0.1) is 11.3 Å². The molecule has 1 aliphatic heterocycles. The molecule has 2 aliphatic rings. The Balaban J connectivity index is 1.73. The molecule has 1 aromatic heterocycles. The summed E-state index contributed by atoms with van der Waals surface area (Å²) < 4.78 is 13.2. The highest BCUT2D eigenvalue weighted by Gasteiger charge is 2.52. The Bertz CT molecular complexity index is 438. The number of aromatic nitrogens is 1. The fourth-order valence-electron chi connectivity index (χ4n) is 2.06. The van der Waals surface area contributed by atoms with E-state index in [0.717, 1.165) is 17.1 Å². The molecule has 0 N–H and O–H groups in total. The second kappa shape index (κ2) is 4.05. The minimum atomic E-state index is -0.266. The summed E-state index contributed by atoms with van der Waals surface area (Å²) in [6, 6.07) is 0. The van der Waals surface area contributed by atoms with Gasteiger partial charge < -0.3 is 9.31 Å². The van der Waals surface area contributed by atoms with Crippen LogP contribution >= 0.6 is 11.3 Å². The predicted octanol–water partition coefficient (Wildman–Crippen LogP) is 2.39.